The third-order valence-electron chi connectivity index (χ3n) is 4.71. The fourth-order valence-electron chi connectivity index (χ4n) is 2.59. The number of hydrogen-bond donors (Lipinski definition) is 0. The summed E-state index contributed by atoms with van der Waals surface area (Å²) in [6.45, 7) is 7.70. The molecule has 2 fully saturated rings. The summed E-state index contributed by atoms with van der Waals surface area (Å²) in [5.74, 6) is -1.56. The maximum Gasteiger partial charge on any atom is 0.462 e. The molecule has 1 heterocycles. The minimum atomic E-state index is -1.29. The smallest absolute Gasteiger partial charge is 0.462 e. The molecule has 6 nitrogen and oxygen atoms in total. The summed E-state index contributed by atoms with van der Waals surface area (Å²) in [5.41, 5.74) is -2.29. The Labute approximate surface area is 119 Å². The van der Waals surface area contributed by atoms with Crippen molar-refractivity contribution >= 4 is 19.1 Å². The summed E-state index contributed by atoms with van der Waals surface area (Å²) < 4.78 is 21.3. The minimum Gasteiger partial charge on any atom is -0.468 e. The lowest BCUT2D eigenvalue weighted by Gasteiger charge is -2.32. The molecule has 0 aromatic heterocycles. The number of hydrogen-bond acceptors (Lipinski definition) is 6. The number of carbonyl (C=O) groups excluding carboxylic acids is 2. The number of rotatable bonds is 3. The molecule has 1 aliphatic carbocycles. The van der Waals surface area contributed by atoms with Crippen LogP contribution in [0.3, 0.4) is 0 Å². The third kappa shape index (κ3) is 1.95. The Morgan fingerprint density at radius 2 is 1.40 bits per heavy atom. The largest absolute Gasteiger partial charge is 0.468 e. The summed E-state index contributed by atoms with van der Waals surface area (Å²) in [5, 5.41) is 0. The SMILES string of the molecule is COC(=O)C1(C(=O)OC)CC1B1OC(C)(C)C(C)(C)O1. The molecule has 20 heavy (non-hydrogen) atoms. The average molecular weight is 284 g/mol. The maximum absolute atomic E-state index is 12.0. The molecule has 112 valence electrons. The van der Waals surface area contributed by atoms with Crippen LogP contribution in [0.15, 0.2) is 0 Å². The van der Waals surface area contributed by atoms with Gasteiger partial charge >= 0.3 is 19.1 Å². The van der Waals surface area contributed by atoms with Gasteiger partial charge in [0.2, 0.25) is 0 Å². The van der Waals surface area contributed by atoms with E-state index in [0.29, 0.717) is 6.42 Å². The second-order valence-corrected chi connectivity index (χ2v) is 6.39. The molecular weight excluding hydrogens is 263 g/mol. The van der Waals surface area contributed by atoms with Crippen LogP contribution >= 0.6 is 0 Å². The molecule has 0 aromatic rings. The van der Waals surface area contributed by atoms with Gasteiger partial charge in [-0.1, -0.05) is 0 Å². The predicted molar refractivity (Wildman–Crippen MR) is 70.9 cm³/mol. The van der Waals surface area contributed by atoms with Gasteiger partial charge in [-0.2, -0.15) is 0 Å². The highest BCUT2D eigenvalue weighted by Gasteiger charge is 2.75. The highest BCUT2D eigenvalue weighted by atomic mass is 16.7. The van der Waals surface area contributed by atoms with Crippen molar-refractivity contribution in [2.24, 2.45) is 5.41 Å². The van der Waals surface area contributed by atoms with Crippen molar-refractivity contribution in [2.75, 3.05) is 14.2 Å². The molecule has 1 saturated carbocycles. The first-order valence-corrected chi connectivity index (χ1v) is 6.65. The van der Waals surface area contributed by atoms with Crippen molar-refractivity contribution in [1.82, 2.24) is 0 Å². The van der Waals surface area contributed by atoms with Crippen molar-refractivity contribution in [3.63, 3.8) is 0 Å². The van der Waals surface area contributed by atoms with Crippen LogP contribution in [-0.2, 0) is 28.4 Å². The van der Waals surface area contributed by atoms with E-state index in [-0.39, 0.29) is 5.82 Å². The normalized spacial score (nSPS) is 28.9. The fourth-order valence-corrected chi connectivity index (χ4v) is 2.59. The molecule has 0 aromatic carbocycles. The molecule has 0 N–H and O–H groups in total. The number of ether oxygens (including phenoxy) is 2. The molecule has 7 heteroatoms. The van der Waals surface area contributed by atoms with Gasteiger partial charge in [0, 0.05) is 5.82 Å². The van der Waals surface area contributed by atoms with Gasteiger partial charge in [0.1, 0.15) is 0 Å². The summed E-state index contributed by atoms with van der Waals surface area (Å²) in [6.07, 6.45) is 0.323. The molecule has 1 atom stereocenters. The van der Waals surface area contributed by atoms with Gasteiger partial charge in [-0.15, -0.1) is 0 Å². The van der Waals surface area contributed by atoms with E-state index in [0.717, 1.165) is 0 Å². The van der Waals surface area contributed by atoms with Crippen LogP contribution in [0.25, 0.3) is 0 Å². The Balaban J connectivity index is 2.21. The number of esters is 2. The van der Waals surface area contributed by atoms with E-state index < -0.39 is 35.7 Å². The first-order chi connectivity index (χ1) is 9.12. The molecule has 1 unspecified atom stereocenters. The Bertz CT molecular complexity index is 412. The van der Waals surface area contributed by atoms with E-state index in [2.05, 4.69) is 0 Å². The Morgan fingerprint density at radius 1 is 1.00 bits per heavy atom. The Morgan fingerprint density at radius 3 is 1.75 bits per heavy atom. The van der Waals surface area contributed by atoms with Crippen LogP contribution in [0.5, 0.6) is 0 Å². The maximum atomic E-state index is 12.0. The highest BCUT2D eigenvalue weighted by Crippen LogP contribution is 2.63. The van der Waals surface area contributed by atoms with Crippen LogP contribution in [0.2, 0.25) is 5.82 Å². The Kier molecular flexibility index (Phi) is 3.42. The summed E-state index contributed by atoms with van der Waals surface area (Å²) >= 11 is 0. The highest BCUT2D eigenvalue weighted by molar-refractivity contribution is 6.51. The number of carbonyl (C=O) groups is 2. The molecule has 2 aliphatic rings. The van der Waals surface area contributed by atoms with Crippen molar-refractivity contribution in [2.45, 2.75) is 51.1 Å². The Hall–Kier alpha value is -1.08. The zero-order valence-electron chi connectivity index (χ0n) is 12.8. The van der Waals surface area contributed by atoms with Gasteiger partial charge in [0.15, 0.2) is 5.41 Å². The lowest BCUT2D eigenvalue weighted by atomic mass is 9.76. The molecular formula is C13H21BO6. The third-order valence-corrected chi connectivity index (χ3v) is 4.71. The number of methoxy groups -OCH3 is 2. The van der Waals surface area contributed by atoms with E-state index in [1.54, 1.807) is 0 Å². The van der Waals surface area contributed by atoms with Gasteiger partial charge < -0.3 is 18.8 Å². The summed E-state index contributed by atoms with van der Waals surface area (Å²) in [4.78, 5) is 23.9. The lowest BCUT2D eigenvalue weighted by molar-refractivity contribution is -0.161. The van der Waals surface area contributed by atoms with Crippen molar-refractivity contribution in [3.05, 3.63) is 0 Å². The van der Waals surface area contributed by atoms with Gasteiger partial charge in [-0.3, -0.25) is 9.59 Å². The fraction of sp³-hybridized carbons (Fsp3) is 0.846. The van der Waals surface area contributed by atoms with Crippen LogP contribution in [0, 0.1) is 5.41 Å². The van der Waals surface area contributed by atoms with Crippen LogP contribution in [0.4, 0.5) is 0 Å². The second kappa shape index (κ2) is 4.46. The summed E-state index contributed by atoms with van der Waals surface area (Å²) in [6, 6.07) is 0. The quantitative estimate of drug-likeness (QED) is 0.440. The van der Waals surface area contributed by atoms with E-state index in [9.17, 15) is 9.59 Å². The standard InChI is InChI=1S/C13H21BO6/c1-11(2)12(3,4)20-14(19-11)8-7-13(8,9(15)17-5)10(16)18-6/h8H,7H2,1-6H3. The monoisotopic (exact) mass is 284 g/mol. The van der Waals surface area contributed by atoms with Gasteiger partial charge in [-0.25, -0.2) is 0 Å². The molecule has 0 spiro atoms. The first kappa shape index (κ1) is 15.3. The predicted octanol–water partition coefficient (Wildman–Crippen LogP) is 1.18. The average Bonchev–Trinajstić information content (AvgIpc) is 3.07. The zero-order valence-corrected chi connectivity index (χ0v) is 12.8. The van der Waals surface area contributed by atoms with Crippen LogP contribution in [0.1, 0.15) is 34.1 Å². The van der Waals surface area contributed by atoms with E-state index >= 15 is 0 Å². The molecule has 0 bridgehead atoms. The topological polar surface area (TPSA) is 71.1 Å². The minimum absolute atomic E-state index is 0.323. The van der Waals surface area contributed by atoms with E-state index in [4.69, 9.17) is 18.8 Å². The van der Waals surface area contributed by atoms with Crippen molar-refractivity contribution in [3.8, 4) is 0 Å². The zero-order chi connectivity index (χ0) is 15.3. The van der Waals surface area contributed by atoms with Gasteiger partial charge in [0.25, 0.3) is 0 Å². The van der Waals surface area contributed by atoms with Crippen molar-refractivity contribution in [1.29, 1.82) is 0 Å². The van der Waals surface area contributed by atoms with Gasteiger partial charge in [-0.05, 0) is 34.1 Å². The molecule has 0 radical (unpaired) electrons. The van der Waals surface area contributed by atoms with E-state index in [1.807, 2.05) is 27.7 Å². The molecule has 2 rings (SSSR count). The first-order valence-electron chi connectivity index (χ1n) is 6.65. The molecule has 0 amide bonds. The molecule has 1 aliphatic heterocycles. The van der Waals surface area contributed by atoms with Crippen molar-refractivity contribution < 1.29 is 28.4 Å². The van der Waals surface area contributed by atoms with Crippen LogP contribution in [-0.4, -0.2) is 44.5 Å². The van der Waals surface area contributed by atoms with E-state index in [1.165, 1.54) is 14.2 Å². The summed E-state index contributed by atoms with van der Waals surface area (Å²) in [7, 11) is 1.90. The van der Waals surface area contributed by atoms with Crippen LogP contribution < -0.4 is 0 Å². The van der Waals surface area contributed by atoms with Gasteiger partial charge in [0.05, 0.1) is 25.4 Å². The second-order valence-electron chi connectivity index (χ2n) is 6.39. The molecule has 1 saturated heterocycles. The lowest BCUT2D eigenvalue weighted by Crippen LogP contribution is -2.41.